The van der Waals surface area contributed by atoms with Gasteiger partial charge in [0.25, 0.3) is 10.0 Å². The number of hydrogen-bond donors (Lipinski definition) is 1. The number of nitrogens with one attached hydrogen (secondary N) is 1. The van der Waals surface area contributed by atoms with Crippen molar-refractivity contribution in [2.24, 2.45) is 16.9 Å². The molecule has 2 saturated carbocycles. The highest BCUT2D eigenvalue weighted by Gasteiger charge is 2.33. The van der Waals surface area contributed by atoms with E-state index in [9.17, 15) is 8.42 Å². The van der Waals surface area contributed by atoms with Gasteiger partial charge in [0.05, 0.1) is 4.90 Å². The van der Waals surface area contributed by atoms with Gasteiger partial charge in [-0.25, -0.2) is 4.83 Å². The van der Waals surface area contributed by atoms with Crippen LogP contribution < -0.4 is 4.83 Å². The molecule has 0 amide bonds. The van der Waals surface area contributed by atoms with Gasteiger partial charge in [0.2, 0.25) is 0 Å². The Balaban J connectivity index is 1.75. The quantitative estimate of drug-likeness (QED) is 0.871. The van der Waals surface area contributed by atoms with Crippen LogP contribution in [0.5, 0.6) is 0 Å². The monoisotopic (exact) mass is 292 g/mol. The molecule has 2 atom stereocenters. The molecule has 0 spiro atoms. The number of fused-ring (bicyclic) bond motifs is 2. The molecule has 2 bridgehead atoms. The molecule has 1 N–H and O–H groups in total. The third-order valence-corrected chi connectivity index (χ3v) is 5.69. The van der Waals surface area contributed by atoms with Crippen molar-refractivity contribution in [3.8, 4) is 0 Å². The van der Waals surface area contributed by atoms with Gasteiger partial charge < -0.3 is 0 Å². The first-order valence-corrected chi connectivity index (χ1v) is 8.68. The SMILES string of the molecule is Cc1ccc(S(=O)(=O)N/N=C2\CCC3CCC2C3)cc1. The second-order valence-corrected chi connectivity index (χ2v) is 7.59. The zero-order chi connectivity index (χ0) is 14.2. The highest BCUT2D eigenvalue weighted by Crippen LogP contribution is 2.40. The number of benzene rings is 1. The Hall–Kier alpha value is -1.36. The maximum atomic E-state index is 12.2. The van der Waals surface area contributed by atoms with Crippen LogP contribution in [0, 0.1) is 18.8 Å². The van der Waals surface area contributed by atoms with Gasteiger partial charge in [-0.15, -0.1) is 0 Å². The van der Waals surface area contributed by atoms with E-state index in [0.29, 0.717) is 5.92 Å². The van der Waals surface area contributed by atoms with Crippen LogP contribution in [0.25, 0.3) is 0 Å². The van der Waals surface area contributed by atoms with Crippen LogP contribution in [0.2, 0.25) is 0 Å². The molecule has 0 radical (unpaired) electrons. The third kappa shape index (κ3) is 2.73. The average Bonchev–Trinajstić information content (AvgIpc) is 2.81. The molecular formula is C15H20N2O2S. The van der Waals surface area contributed by atoms with Gasteiger partial charge in [-0.05, 0) is 63.0 Å². The van der Waals surface area contributed by atoms with E-state index >= 15 is 0 Å². The molecule has 0 aromatic heterocycles. The molecule has 0 saturated heterocycles. The summed E-state index contributed by atoms with van der Waals surface area (Å²) in [5.74, 6) is 1.34. The van der Waals surface area contributed by atoms with Crippen molar-refractivity contribution < 1.29 is 8.42 Å². The second-order valence-electron chi connectivity index (χ2n) is 5.93. The zero-order valence-electron chi connectivity index (χ0n) is 11.7. The lowest BCUT2D eigenvalue weighted by Gasteiger charge is -2.20. The zero-order valence-corrected chi connectivity index (χ0v) is 12.5. The van der Waals surface area contributed by atoms with Crippen LogP contribution in [0.15, 0.2) is 34.3 Å². The first kappa shape index (κ1) is 13.6. The molecule has 5 heteroatoms. The van der Waals surface area contributed by atoms with Crippen molar-refractivity contribution in [1.82, 2.24) is 4.83 Å². The lowest BCUT2D eigenvalue weighted by molar-refractivity contribution is 0.476. The van der Waals surface area contributed by atoms with Crippen LogP contribution in [-0.2, 0) is 10.0 Å². The Labute approximate surface area is 120 Å². The summed E-state index contributed by atoms with van der Waals surface area (Å²) in [5, 5.41) is 4.21. The Kier molecular flexibility index (Phi) is 3.54. The van der Waals surface area contributed by atoms with E-state index in [4.69, 9.17) is 0 Å². The summed E-state index contributed by atoms with van der Waals surface area (Å²) in [6, 6.07) is 6.82. The largest absolute Gasteiger partial charge is 0.276 e. The Bertz CT molecular complexity index is 620. The number of nitrogens with zero attached hydrogens (tertiary/aromatic N) is 1. The fourth-order valence-corrected chi connectivity index (χ4v) is 4.07. The van der Waals surface area contributed by atoms with E-state index in [1.54, 1.807) is 24.3 Å². The first-order valence-electron chi connectivity index (χ1n) is 7.19. The maximum Gasteiger partial charge on any atom is 0.276 e. The molecule has 108 valence electrons. The normalized spacial score (nSPS) is 27.8. The summed E-state index contributed by atoms with van der Waals surface area (Å²) < 4.78 is 24.3. The van der Waals surface area contributed by atoms with Crippen LogP contribution in [0.3, 0.4) is 0 Å². The molecule has 0 heterocycles. The Morgan fingerprint density at radius 1 is 1.15 bits per heavy atom. The summed E-state index contributed by atoms with van der Waals surface area (Å²) in [6.45, 7) is 1.93. The van der Waals surface area contributed by atoms with Crippen molar-refractivity contribution in [1.29, 1.82) is 0 Å². The molecule has 2 aliphatic rings. The number of hydrogen-bond acceptors (Lipinski definition) is 3. The third-order valence-electron chi connectivity index (χ3n) is 4.46. The molecule has 2 unspecified atom stereocenters. The number of hydrazone groups is 1. The summed E-state index contributed by atoms with van der Waals surface area (Å²) >= 11 is 0. The van der Waals surface area contributed by atoms with Gasteiger partial charge in [0.15, 0.2) is 0 Å². The topological polar surface area (TPSA) is 58.5 Å². The highest BCUT2D eigenvalue weighted by atomic mass is 32.2. The van der Waals surface area contributed by atoms with Crippen molar-refractivity contribution >= 4 is 15.7 Å². The van der Waals surface area contributed by atoms with Gasteiger partial charge in [0, 0.05) is 5.71 Å². The van der Waals surface area contributed by atoms with E-state index in [-0.39, 0.29) is 4.90 Å². The fraction of sp³-hybridized carbons (Fsp3) is 0.533. The summed E-state index contributed by atoms with van der Waals surface area (Å²) in [7, 11) is -3.53. The Morgan fingerprint density at radius 2 is 1.90 bits per heavy atom. The standard InChI is InChI=1S/C15H20N2O2S/c1-11-2-7-14(8-3-11)20(18,19)17-16-15-9-5-12-4-6-13(15)10-12/h2-3,7-8,12-13,17H,4-6,9-10H2,1H3/b16-15+. The predicted octanol–water partition coefficient (Wildman–Crippen LogP) is 2.84. The van der Waals surface area contributed by atoms with Crippen LogP contribution in [0.1, 0.15) is 37.7 Å². The maximum absolute atomic E-state index is 12.2. The highest BCUT2D eigenvalue weighted by molar-refractivity contribution is 7.89. The molecule has 0 aliphatic heterocycles. The summed E-state index contributed by atoms with van der Waals surface area (Å²) in [4.78, 5) is 2.68. The predicted molar refractivity (Wildman–Crippen MR) is 79.0 cm³/mol. The number of rotatable bonds is 3. The molecule has 1 aromatic carbocycles. The average molecular weight is 292 g/mol. The molecule has 20 heavy (non-hydrogen) atoms. The van der Waals surface area contributed by atoms with Gasteiger partial charge in [-0.3, -0.25) is 0 Å². The second kappa shape index (κ2) is 5.20. The van der Waals surface area contributed by atoms with E-state index in [0.717, 1.165) is 36.5 Å². The number of sulfonamides is 1. The van der Waals surface area contributed by atoms with Crippen molar-refractivity contribution in [3.63, 3.8) is 0 Å². The molecule has 3 rings (SSSR count). The lowest BCUT2D eigenvalue weighted by atomic mass is 9.88. The smallest absolute Gasteiger partial charge is 0.200 e. The minimum atomic E-state index is -3.53. The van der Waals surface area contributed by atoms with Crippen LogP contribution in [0.4, 0.5) is 0 Å². The first-order chi connectivity index (χ1) is 9.54. The number of aryl methyl sites for hydroxylation is 1. The minimum absolute atomic E-state index is 0.271. The minimum Gasteiger partial charge on any atom is -0.200 e. The molecule has 1 aromatic rings. The van der Waals surface area contributed by atoms with Crippen LogP contribution >= 0.6 is 0 Å². The molecule has 2 fully saturated rings. The summed E-state index contributed by atoms with van der Waals surface area (Å²) in [5.41, 5.74) is 2.08. The molecule has 4 nitrogen and oxygen atoms in total. The Morgan fingerprint density at radius 3 is 2.65 bits per heavy atom. The van der Waals surface area contributed by atoms with Crippen molar-refractivity contribution in [2.45, 2.75) is 43.9 Å². The van der Waals surface area contributed by atoms with Crippen molar-refractivity contribution in [2.75, 3.05) is 0 Å². The van der Waals surface area contributed by atoms with Gasteiger partial charge in [0.1, 0.15) is 0 Å². The van der Waals surface area contributed by atoms with Crippen molar-refractivity contribution in [3.05, 3.63) is 29.8 Å². The van der Waals surface area contributed by atoms with Gasteiger partial charge in [-0.2, -0.15) is 13.5 Å². The van der Waals surface area contributed by atoms with Gasteiger partial charge in [-0.1, -0.05) is 17.7 Å². The summed E-state index contributed by atoms with van der Waals surface area (Å²) in [6.07, 6.45) is 5.71. The van der Waals surface area contributed by atoms with E-state index in [1.165, 1.54) is 12.8 Å². The van der Waals surface area contributed by atoms with E-state index in [2.05, 4.69) is 9.93 Å². The van der Waals surface area contributed by atoms with E-state index in [1.807, 2.05) is 6.92 Å². The fourth-order valence-electron chi connectivity index (χ4n) is 3.23. The lowest BCUT2D eigenvalue weighted by Crippen LogP contribution is -2.24. The van der Waals surface area contributed by atoms with Crippen LogP contribution in [-0.4, -0.2) is 14.1 Å². The molecule has 2 aliphatic carbocycles. The van der Waals surface area contributed by atoms with Gasteiger partial charge >= 0.3 is 0 Å². The molecular weight excluding hydrogens is 272 g/mol. The van der Waals surface area contributed by atoms with E-state index < -0.39 is 10.0 Å².